The summed E-state index contributed by atoms with van der Waals surface area (Å²) >= 11 is 0. The Kier molecular flexibility index (Phi) is 4.49. The van der Waals surface area contributed by atoms with Gasteiger partial charge in [0, 0.05) is 23.6 Å². The van der Waals surface area contributed by atoms with Gasteiger partial charge in [0.2, 0.25) is 10.0 Å². The van der Waals surface area contributed by atoms with E-state index in [9.17, 15) is 8.42 Å². The van der Waals surface area contributed by atoms with E-state index >= 15 is 0 Å². The predicted octanol–water partition coefficient (Wildman–Crippen LogP) is 0.992. The minimum Gasteiger partial charge on any atom is -0.399 e. The Labute approximate surface area is 123 Å². The highest BCUT2D eigenvalue weighted by Gasteiger charge is 2.09. The number of primary sulfonamides is 1. The van der Waals surface area contributed by atoms with Crippen molar-refractivity contribution < 1.29 is 8.42 Å². The second kappa shape index (κ2) is 6.15. The van der Waals surface area contributed by atoms with Crippen molar-refractivity contribution >= 4 is 21.4 Å². The number of aromatic amines is 1. The van der Waals surface area contributed by atoms with E-state index in [-0.39, 0.29) is 4.90 Å². The first-order valence-electron chi connectivity index (χ1n) is 6.52. The molecule has 1 aromatic carbocycles. The van der Waals surface area contributed by atoms with Gasteiger partial charge in [-0.25, -0.2) is 13.6 Å². The van der Waals surface area contributed by atoms with Crippen molar-refractivity contribution in [2.75, 3.05) is 17.6 Å². The van der Waals surface area contributed by atoms with Crippen LogP contribution in [0.4, 0.5) is 11.4 Å². The molecule has 0 atom stereocenters. The smallest absolute Gasteiger partial charge is 0.238 e. The lowest BCUT2D eigenvalue weighted by Gasteiger charge is -2.09. The Hall–Kier alpha value is -2.06. The molecule has 8 heteroatoms. The Bertz CT molecular complexity index is 724. The minimum atomic E-state index is -3.75. The van der Waals surface area contributed by atoms with E-state index in [4.69, 9.17) is 10.9 Å². The number of sulfonamides is 1. The topological polar surface area (TPSA) is 127 Å². The van der Waals surface area contributed by atoms with Gasteiger partial charge < -0.3 is 11.1 Å². The number of nitrogens with two attached hydrogens (primary N) is 2. The van der Waals surface area contributed by atoms with Crippen LogP contribution in [0.5, 0.6) is 0 Å². The molecule has 0 aliphatic rings. The molecule has 0 saturated heterocycles. The number of nitrogens with zero attached hydrogens (tertiary/aromatic N) is 1. The minimum absolute atomic E-state index is 0.00989. The van der Waals surface area contributed by atoms with Crippen molar-refractivity contribution in [1.29, 1.82) is 0 Å². The fourth-order valence-electron chi connectivity index (χ4n) is 2.03. The number of nitrogens with one attached hydrogen (secondary N) is 2. The van der Waals surface area contributed by atoms with Crippen LogP contribution < -0.4 is 16.2 Å². The quantitative estimate of drug-likeness (QED) is 0.467. The second-order valence-electron chi connectivity index (χ2n) is 4.89. The maximum atomic E-state index is 11.3. The van der Waals surface area contributed by atoms with Gasteiger partial charge >= 0.3 is 0 Å². The molecule has 0 saturated carbocycles. The normalized spacial score (nSPS) is 11.5. The summed E-state index contributed by atoms with van der Waals surface area (Å²) in [6, 6.07) is 4.50. The van der Waals surface area contributed by atoms with Gasteiger partial charge in [-0.3, -0.25) is 5.10 Å². The molecule has 21 heavy (non-hydrogen) atoms. The van der Waals surface area contributed by atoms with E-state index in [2.05, 4.69) is 15.5 Å². The summed E-state index contributed by atoms with van der Waals surface area (Å²) in [5, 5.41) is 15.1. The third-order valence-electron chi connectivity index (χ3n) is 3.14. The molecule has 0 unspecified atom stereocenters. The fraction of sp³-hybridized carbons (Fsp3) is 0.308. The highest BCUT2D eigenvalue weighted by atomic mass is 32.2. The molecule has 0 fully saturated rings. The van der Waals surface area contributed by atoms with Crippen molar-refractivity contribution in [2.45, 2.75) is 24.7 Å². The lowest BCUT2D eigenvalue weighted by Crippen LogP contribution is -2.13. The van der Waals surface area contributed by atoms with Crippen molar-refractivity contribution in [3.05, 3.63) is 35.7 Å². The van der Waals surface area contributed by atoms with Gasteiger partial charge in [-0.1, -0.05) is 0 Å². The summed E-state index contributed by atoms with van der Waals surface area (Å²) in [4.78, 5) is 0.00989. The summed E-state index contributed by atoms with van der Waals surface area (Å²) in [5.74, 6) is 0. The van der Waals surface area contributed by atoms with Crippen LogP contribution in [0.3, 0.4) is 0 Å². The summed E-state index contributed by atoms with van der Waals surface area (Å²) in [5.41, 5.74) is 8.92. The molecule has 2 aromatic rings. The number of nitrogen functional groups attached to an aromatic ring is 1. The van der Waals surface area contributed by atoms with Gasteiger partial charge in [-0.2, -0.15) is 5.10 Å². The van der Waals surface area contributed by atoms with Crippen LogP contribution in [-0.2, 0) is 16.4 Å². The van der Waals surface area contributed by atoms with Crippen LogP contribution in [0.2, 0.25) is 0 Å². The molecule has 0 aliphatic carbocycles. The van der Waals surface area contributed by atoms with E-state index in [0.29, 0.717) is 17.9 Å². The van der Waals surface area contributed by atoms with Gasteiger partial charge in [0.15, 0.2) is 0 Å². The number of hydrogen-bond acceptors (Lipinski definition) is 5. The van der Waals surface area contributed by atoms with Gasteiger partial charge in [-0.05, 0) is 43.5 Å². The van der Waals surface area contributed by atoms with Gasteiger partial charge in [-0.15, -0.1) is 0 Å². The predicted molar refractivity (Wildman–Crippen MR) is 82.4 cm³/mol. The number of hydrogen-bond donors (Lipinski definition) is 4. The number of aromatic nitrogens is 2. The van der Waals surface area contributed by atoms with Crippen LogP contribution in [-0.4, -0.2) is 25.2 Å². The lowest BCUT2D eigenvalue weighted by atomic mass is 10.1. The van der Waals surface area contributed by atoms with Crippen LogP contribution in [0, 0.1) is 6.92 Å². The van der Waals surface area contributed by atoms with Gasteiger partial charge in [0.1, 0.15) is 0 Å². The third-order valence-corrected chi connectivity index (χ3v) is 4.04. The molecule has 0 bridgehead atoms. The van der Waals surface area contributed by atoms with Crippen LogP contribution >= 0.6 is 0 Å². The summed E-state index contributed by atoms with van der Waals surface area (Å²) in [6.45, 7) is 2.67. The Balaban J connectivity index is 1.94. The molecular weight excluding hydrogens is 290 g/mol. The average Bonchev–Trinajstić information content (AvgIpc) is 2.79. The number of aryl methyl sites for hydroxylation is 2. The van der Waals surface area contributed by atoms with Crippen LogP contribution in [0.1, 0.15) is 17.7 Å². The highest BCUT2D eigenvalue weighted by Crippen LogP contribution is 2.19. The van der Waals surface area contributed by atoms with Gasteiger partial charge in [0.25, 0.3) is 0 Å². The molecule has 1 aromatic heterocycles. The molecule has 2 rings (SSSR count). The standard InChI is InChI=1S/C13H19N5O2S/c1-9-10(8-17-18-9)3-2-4-16-12-5-11(14)6-13(7-12)21(15,19)20/h5-8,16H,2-4,14H2,1H3,(H,17,18)(H2,15,19,20). The number of anilines is 2. The average molecular weight is 309 g/mol. The molecule has 0 aliphatic heterocycles. The maximum Gasteiger partial charge on any atom is 0.238 e. The molecule has 1 heterocycles. The molecule has 0 radical (unpaired) electrons. The first kappa shape index (κ1) is 15.3. The van der Waals surface area contributed by atoms with Crippen molar-refractivity contribution in [2.24, 2.45) is 5.14 Å². The number of H-pyrrole nitrogens is 1. The largest absolute Gasteiger partial charge is 0.399 e. The molecule has 0 spiro atoms. The zero-order chi connectivity index (χ0) is 15.5. The number of rotatable bonds is 6. The first-order valence-corrected chi connectivity index (χ1v) is 8.07. The lowest BCUT2D eigenvalue weighted by molar-refractivity contribution is 0.598. The molecule has 0 amide bonds. The monoisotopic (exact) mass is 309 g/mol. The number of benzene rings is 1. The summed E-state index contributed by atoms with van der Waals surface area (Å²) in [6.07, 6.45) is 3.59. The SMILES string of the molecule is Cc1[nH]ncc1CCCNc1cc(N)cc(S(N)(=O)=O)c1. The van der Waals surface area contributed by atoms with Gasteiger partial charge in [0.05, 0.1) is 11.1 Å². The fourth-order valence-corrected chi connectivity index (χ4v) is 2.62. The zero-order valence-corrected chi connectivity index (χ0v) is 12.6. The van der Waals surface area contributed by atoms with Crippen molar-refractivity contribution in [3.63, 3.8) is 0 Å². The molecule has 114 valence electrons. The summed E-state index contributed by atoms with van der Waals surface area (Å²) in [7, 11) is -3.75. The van der Waals surface area contributed by atoms with E-state index in [1.165, 1.54) is 17.7 Å². The van der Waals surface area contributed by atoms with E-state index < -0.39 is 10.0 Å². The Morgan fingerprint density at radius 1 is 1.33 bits per heavy atom. The first-order chi connectivity index (χ1) is 9.86. The van der Waals surface area contributed by atoms with Crippen LogP contribution in [0.15, 0.2) is 29.3 Å². The second-order valence-corrected chi connectivity index (χ2v) is 6.45. The Morgan fingerprint density at radius 3 is 2.71 bits per heavy atom. The third kappa shape index (κ3) is 4.20. The van der Waals surface area contributed by atoms with Crippen molar-refractivity contribution in [3.8, 4) is 0 Å². The van der Waals surface area contributed by atoms with E-state index in [1.54, 1.807) is 6.07 Å². The molecule has 7 nitrogen and oxygen atoms in total. The Morgan fingerprint density at radius 2 is 2.10 bits per heavy atom. The highest BCUT2D eigenvalue weighted by molar-refractivity contribution is 7.89. The van der Waals surface area contributed by atoms with E-state index in [1.807, 2.05) is 13.1 Å². The molecular formula is C13H19N5O2S. The van der Waals surface area contributed by atoms with Crippen molar-refractivity contribution in [1.82, 2.24) is 10.2 Å². The zero-order valence-electron chi connectivity index (χ0n) is 11.8. The maximum absolute atomic E-state index is 11.3. The van der Waals surface area contributed by atoms with Crippen LogP contribution in [0.25, 0.3) is 0 Å². The summed E-state index contributed by atoms with van der Waals surface area (Å²) < 4.78 is 22.7. The van der Waals surface area contributed by atoms with E-state index in [0.717, 1.165) is 18.5 Å². The molecule has 6 N–H and O–H groups in total.